The number of carbonyl (C=O) groups excluding carboxylic acids is 3. The summed E-state index contributed by atoms with van der Waals surface area (Å²) in [4.78, 5) is 53.3. The van der Waals surface area contributed by atoms with Crippen LogP contribution in [0.3, 0.4) is 0 Å². The highest BCUT2D eigenvalue weighted by Crippen LogP contribution is 2.49. The van der Waals surface area contributed by atoms with Crippen LogP contribution in [0.5, 0.6) is 0 Å². The molecule has 27 heteroatoms. The first-order valence-electron chi connectivity index (χ1n) is 48.3. The van der Waals surface area contributed by atoms with Gasteiger partial charge >= 0.3 is 17.9 Å². The number of esters is 2. The van der Waals surface area contributed by atoms with E-state index in [0.717, 1.165) is 25.7 Å². The summed E-state index contributed by atoms with van der Waals surface area (Å²) in [5.74, 6) is -1.17. The number of aliphatic carboxylic acids is 1. The third-order valence-corrected chi connectivity index (χ3v) is 67.7. The molecule has 2 rings (SSSR count). The number of rotatable bonds is 48. The average Bonchev–Trinajstić information content (AvgIpc) is 1.64. The van der Waals surface area contributed by atoms with Gasteiger partial charge in [-0.3, -0.25) is 19.2 Å². The molecule has 0 aromatic rings. The topological polar surface area (TPSA) is 218 Å². The fourth-order valence-electron chi connectivity index (χ4n) is 13.2. The van der Waals surface area contributed by atoms with E-state index in [1.807, 2.05) is 0 Å². The van der Waals surface area contributed by atoms with Gasteiger partial charge in [0, 0.05) is 31.1 Å². The standard InChI is InChI=1S/C49H102O9Si4.C48H100O10Si4/c1-27-34(3)40(30-38(29-36(5)50)56-60(21,22)47(10,11)12)53-43(51)32-39(57-61(23,24)48(13,14)15)31-41(35(4)28-2)54-45-37(6)44(58-62(25,26)49(16,17)18)42(55-45)33-52-59(19,20)46(7,8)9;1-26-33(3)38(28-36(30-41(49)50)56-60(20,21)46(9,10)11)53-42(51)31-37(57-61(22,23)47(12,13)14)29-39(34(4)27-2)54-44-35(5)43(58-62(24,25)48(15,16)17)40(55-44)32-52-59(18,19)45(6,7)8/h34-35,37-42,44-45H,27-33H2,1-26H3;33-40,43-44H,26-32H2,1-25H3,(H,49,50)/t34-,35-,37?,38+,39-,40-,41-,42-,44?,45+;33-,34-,35?,36-,37-,38-,39-,40-,43?,44+/m00/s1. The maximum absolute atomic E-state index is 14.3. The largest absolute Gasteiger partial charge is 0.481 e. The summed E-state index contributed by atoms with van der Waals surface area (Å²) >= 11 is 0. The molecule has 2 heterocycles. The van der Waals surface area contributed by atoms with Gasteiger partial charge in [-0.15, -0.1) is 0 Å². The third kappa shape index (κ3) is 37.2. The Labute approximate surface area is 772 Å². The van der Waals surface area contributed by atoms with Crippen LogP contribution in [0.4, 0.5) is 0 Å². The first-order chi connectivity index (χ1) is 55.2. The van der Waals surface area contributed by atoms with Crippen molar-refractivity contribution in [2.24, 2.45) is 35.5 Å². The first kappa shape index (κ1) is 121. The SMILES string of the molecule is CC[C@H](C)[C@H](C[C@@H](CC(=O)O)O[Si](C)(C)C(C)(C)C)OC(=O)C[C@H](C[C@H](O[C@@H]1O[C@@H](CO[Si](C)(C)C(C)(C)C)C(O[Si](C)(C)C(C)(C)C)C1C)[C@@H](C)CC)O[Si](C)(C)C(C)(C)C.CC[C@H](C)[C@H](C[C@@H](CC(C)=O)O[Si](C)(C)C(C)(C)C)OC(=O)C[C@H](C[C@H](O[C@@H]1O[C@@H](CO[Si](C)(C)C(C)(C)C)C(O[Si](C)(C)C(C)(C)C)C1C)[C@@H](C)CC)O[Si](C)(C)C(C)(C)C. The highest BCUT2D eigenvalue weighted by atomic mass is 28.4. The molecular weight excluding hydrogens is 1690 g/mol. The number of carbonyl (C=O) groups is 4. The third-order valence-electron chi connectivity index (χ3n) is 31.6. The van der Waals surface area contributed by atoms with Crippen LogP contribution < -0.4 is 0 Å². The molecule has 0 amide bonds. The normalized spacial score (nSPS) is 23.1. The molecule has 0 aromatic heterocycles. The molecule has 2 aliphatic rings. The molecule has 19 nitrogen and oxygen atoms in total. The van der Waals surface area contributed by atoms with Crippen molar-refractivity contribution in [1.82, 2.24) is 0 Å². The molecule has 0 saturated carbocycles. The maximum atomic E-state index is 14.3. The van der Waals surface area contributed by atoms with Crippen LogP contribution in [0.2, 0.25) is 145 Å². The number of hydrogen-bond acceptors (Lipinski definition) is 18. The van der Waals surface area contributed by atoms with E-state index in [2.05, 4.69) is 340 Å². The van der Waals surface area contributed by atoms with Gasteiger partial charge in [0.15, 0.2) is 79.1 Å². The molecular formula is C97H202O19Si8. The molecule has 2 fully saturated rings. The van der Waals surface area contributed by atoms with E-state index in [9.17, 15) is 24.3 Å². The monoisotopic (exact) mass is 1900 g/mol. The summed E-state index contributed by atoms with van der Waals surface area (Å²) < 4.78 is 96.8. The molecule has 1 N–H and O–H groups in total. The molecule has 0 aromatic carbocycles. The van der Waals surface area contributed by atoms with Crippen molar-refractivity contribution in [3.63, 3.8) is 0 Å². The molecule has 4 unspecified atom stereocenters. The molecule has 20 atom stereocenters. The van der Waals surface area contributed by atoms with E-state index in [0.29, 0.717) is 45.3 Å². The minimum Gasteiger partial charge on any atom is -0.481 e. The zero-order valence-corrected chi connectivity index (χ0v) is 98.2. The smallest absolute Gasteiger partial charge is 0.308 e. The van der Waals surface area contributed by atoms with E-state index in [1.54, 1.807) is 6.92 Å². The second-order valence-electron chi connectivity index (χ2n) is 50.4. The summed E-state index contributed by atoms with van der Waals surface area (Å²) in [7, 11) is -17.8. The predicted octanol–water partition coefficient (Wildman–Crippen LogP) is 27.7. The van der Waals surface area contributed by atoms with Crippen molar-refractivity contribution in [3.8, 4) is 0 Å². The van der Waals surface area contributed by atoms with Crippen molar-refractivity contribution in [2.75, 3.05) is 13.2 Å². The lowest BCUT2D eigenvalue weighted by Crippen LogP contribution is -2.49. The number of carboxylic acids is 1. The summed E-state index contributed by atoms with van der Waals surface area (Å²) in [5.41, 5.74) is 0. The Bertz CT molecular complexity index is 2990. The predicted molar refractivity (Wildman–Crippen MR) is 537 cm³/mol. The van der Waals surface area contributed by atoms with Crippen molar-refractivity contribution >= 4 is 90.2 Å². The Morgan fingerprint density at radius 1 is 0.331 bits per heavy atom. The Morgan fingerprint density at radius 3 is 0.766 bits per heavy atom. The fourth-order valence-corrected chi connectivity index (χ4v) is 23.5. The van der Waals surface area contributed by atoms with Gasteiger partial charge in [-0.1, -0.05) is 261 Å². The van der Waals surface area contributed by atoms with Crippen molar-refractivity contribution < 1.29 is 88.1 Å². The zero-order valence-electron chi connectivity index (χ0n) is 90.2. The highest BCUT2D eigenvalue weighted by molar-refractivity contribution is 6.77. The van der Waals surface area contributed by atoms with Crippen LogP contribution >= 0.6 is 0 Å². The van der Waals surface area contributed by atoms with Gasteiger partial charge in [-0.2, -0.15) is 0 Å². The van der Waals surface area contributed by atoms with Gasteiger partial charge in [0.2, 0.25) is 0 Å². The Kier molecular flexibility index (Phi) is 46.2. The van der Waals surface area contributed by atoms with Crippen LogP contribution in [-0.2, 0) is 83.0 Å². The van der Waals surface area contributed by atoms with E-state index >= 15 is 0 Å². The Morgan fingerprint density at radius 2 is 0.548 bits per heavy atom. The van der Waals surface area contributed by atoms with Gasteiger partial charge in [0.05, 0.1) is 81.3 Å². The van der Waals surface area contributed by atoms with Gasteiger partial charge in [0.25, 0.3) is 0 Å². The van der Waals surface area contributed by atoms with Crippen LogP contribution in [0.25, 0.3) is 0 Å². The number of ether oxygens (including phenoxy) is 6. The highest BCUT2D eigenvalue weighted by Gasteiger charge is 2.55. The number of carboxylic acid groups (broad SMARTS) is 1. The van der Waals surface area contributed by atoms with Crippen LogP contribution in [-0.4, -0.2) is 194 Å². The average molecular weight is 1900 g/mol. The fraction of sp³-hybridized carbons (Fsp3) is 0.959. The van der Waals surface area contributed by atoms with Gasteiger partial charge in [-0.25, -0.2) is 0 Å². The second-order valence-corrected chi connectivity index (χ2v) is 88.6. The van der Waals surface area contributed by atoms with Gasteiger partial charge in [-0.05, 0) is 188 Å². The summed E-state index contributed by atoms with van der Waals surface area (Å²) in [6, 6.07) is 0. The van der Waals surface area contributed by atoms with E-state index in [4.69, 9.17) is 63.8 Å². The van der Waals surface area contributed by atoms with Crippen LogP contribution in [0.15, 0.2) is 0 Å². The summed E-state index contributed by atoms with van der Waals surface area (Å²) in [5, 5.41) is 9.78. The zero-order chi connectivity index (χ0) is 97.7. The molecule has 0 bridgehead atoms. The molecule has 736 valence electrons. The lowest BCUT2D eigenvalue weighted by molar-refractivity contribution is -0.195. The minimum absolute atomic E-state index is 0.00488. The first-order valence-corrected chi connectivity index (χ1v) is 71.6. The number of hydrogen-bond donors (Lipinski definition) is 1. The Hall–Kier alpha value is -0.665. The molecule has 2 aliphatic heterocycles. The molecule has 0 spiro atoms. The summed E-state index contributed by atoms with van der Waals surface area (Å²) in [6.45, 7) is 114. The van der Waals surface area contributed by atoms with Gasteiger partial charge in [0.1, 0.15) is 30.2 Å². The van der Waals surface area contributed by atoms with Crippen molar-refractivity contribution in [2.45, 2.75) is 550 Å². The lowest BCUT2D eigenvalue weighted by Gasteiger charge is -2.41. The Balaban J connectivity index is 0.00000124. The van der Waals surface area contributed by atoms with Crippen molar-refractivity contribution in [3.05, 3.63) is 0 Å². The van der Waals surface area contributed by atoms with E-state index in [1.165, 1.54) is 0 Å². The molecule has 2 saturated heterocycles. The lowest BCUT2D eigenvalue weighted by atomic mass is 9.94. The van der Waals surface area contributed by atoms with Crippen LogP contribution in [0.1, 0.15) is 319 Å². The van der Waals surface area contributed by atoms with Crippen molar-refractivity contribution in [1.29, 1.82) is 0 Å². The van der Waals surface area contributed by atoms with E-state index < -0.39 is 116 Å². The molecule has 0 radical (unpaired) electrons. The van der Waals surface area contributed by atoms with Gasteiger partial charge < -0.3 is 68.9 Å². The molecule has 0 aliphatic carbocycles. The van der Waals surface area contributed by atoms with Crippen LogP contribution in [0, 0.1) is 35.5 Å². The molecule has 124 heavy (non-hydrogen) atoms. The maximum Gasteiger partial charge on any atom is 0.308 e. The number of Topliss-reactive ketones (excluding diaryl/α,β-unsaturated/α-hetero) is 1. The second kappa shape index (κ2) is 47.2. The summed E-state index contributed by atoms with van der Waals surface area (Å²) in [6.07, 6.45) is 0.353. The quantitative estimate of drug-likeness (QED) is 0.0442. The number of ketones is 1. The van der Waals surface area contributed by atoms with E-state index in [-0.39, 0.29) is 156 Å². The minimum atomic E-state index is -2.38.